The van der Waals surface area contributed by atoms with E-state index in [0.717, 1.165) is 64.7 Å². The van der Waals surface area contributed by atoms with Gasteiger partial charge in [-0.2, -0.15) is 0 Å². The van der Waals surface area contributed by atoms with Crippen LogP contribution in [-0.2, 0) is 14.4 Å². The third kappa shape index (κ3) is 7.81. The zero-order chi connectivity index (χ0) is 24.6. The summed E-state index contributed by atoms with van der Waals surface area (Å²) in [6, 6.07) is 0.723. The number of hydrogen-bond acceptors (Lipinski definition) is 5. The molecule has 8 heteroatoms. The van der Waals surface area contributed by atoms with Gasteiger partial charge in [0, 0.05) is 26.4 Å². The molecule has 5 aliphatic rings. The lowest BCUT2D eigenvalue weighted by Gasteiger charge is -2.56. The number of carbonyl (C=O) groups excluding carboxylic acids is 1. The number of aliphatic carboxylic acids is 2. The van der Waals surface area contributed by atoms with Gasteiger partial charge in [0.05, 0.1) is 6.04 Å². The Morgan fingerprint density at radius 2 is 1.73 bits per heavy atom. The Morgan fingerprint density at radius 1 is 1.12 bits per heavy atom. The van der Waals surface area contributed by atoms with Gasteiger partial charge < -0.3 is 20.8 Å². The van der Waals surface area contributed by atoms with Gasteiger partial charge in [-0.25, -0.2) is 0 Å². The molecule has 4 N–H and O–H groups in total. The van der Waals surface area contributed by atoms with Crippen molar-refractivity contribution in [1.29, 1.82) is 0 Å². The largest absolute Gasteiger partial charge is 0.481 e. The minimum atomic E-state index is -0.833. The van der Waals surface area contributed by atoms with Gasteiger partial charge in [-0.1, -0.05) is 25.5 Å². The van der Waals surface area contributed by atoms with Crippen molar-refractivity contribution in [3.8, 4) is 0 Å². The van der Waals surface area contributed by atoms with Crippen molar-refractivity contribution < 1.29 is 24.6 Å². The van der Waals surface area contributed by atoms with Crippen LogP contribution < -0.4 is 10.6 Å². The number of carbonyl (C=O) groups is 3. The van der Waals surface area contributed by atoms with Crippen molar-refractivity contribution in [2.45, 2.75) is 84.7 Å². The molecule has 3 aliphatic carbocycles. The van der Waals surface area contributed by atoms with Crippen molar-refractivity contribution in [3.05, 3.63) is 11.6 Å². The first-order valence-electron chi connectivity index (χ1n) is 12.4. The summed E-state index contributed by atoms with van der Waals surface area (Å²) in [5.41, 5.74) is 2.10. The summed E-state index contributed by atoms with van der Waals surface area (Å²) in [4.78, 5) is 33.3. The van der Waals surface area contributed by atoms with E-state index in [9.17, 15) is 4.79 Å². The van der Waals surface area contributed by atoms with Gasteiger partial charge in [0.15, 0.2) is 0 Å². The van der Waals surface area contributed by atoms with Crippen LogP contribution in [0.2, 0.25) is 0 Å². The first kappa shape index (κ1) is 27.3. The first-order valence-corrected chi connectivity index (χ1v) is 12.4. The maximum atomic E-state index is 12.8. The Labute approximate surface area is 198 Å². The summed E-state index contributed by atoms with van der Waals surface area (Å²) in [6.07, 6.45) is 10.7. The molecule has 0 aromatic heterocycles. The maximum absolute atomic E-state index is 12.8. The van der Waals surface area contributed by atoms with E-state index < -0.39 is 11.9 Å². The highest BCUT2D eigenvalue weighted by atomic mass is 16.4. The molecule has 33 heavy (non-hydrogen) atoms. The number of piperidine rings is 1. The summed E-state index contributed by atoms with van der Waals surface area (Å²) in [5.74, 6) is 0.270. The summed E-state index contributed by atoms with van der Waals surface area (Å²) < 4.78 is 0. The highest BCUT2D eigenvalue weighted by molar-refractivity contribution is 5.82. The SMILES string of the molecule is CC(=O)O.CC(=O)O.CC1(C)[C@H]2CC=C(CCNC(=O)[C@@H]3CCCN3C3CCNCC3)[C@@H]1C2. The number of amides is 1. The second-order valence-electron chi connectivity index (χ2n) is 10.3. The zero-order valence-corrected chi connectivity index (χ0v) is 20.7. The summed E-state index contributed by atoms with van der Waals surface area (Å²) in [6.45, 7) is 11.1. The predicted octanol–water partition coefficient (Wildman–Crippen LogP) is 2.88. The van der Waals surface area contributed by atoms with Crippen LogP contribution in [0, 0.1) is 17.3 Å². The maximum Gasteiger partial charge on any atom is 0.300 e. The number of fused-ring (bicyclic) bond motifs is 1. The number of carboxylic acids is 2. The van der Waals surface area contributed by atoms with Crippen LogP contribution in [0.4, 0.5) is 0 Å². The smallest absolute Gasteiger partial charge is 0.300 e. The number of rotatable bonds is 5. The van der Waals surface area contributed by atoms with Crippen LogP contribution in [0.5, 0.6) is 0 Å². The number of allylic oxidation sites excluding steroid dienone is 1. The fourth-order valence-electron chi connectivity index (χ4n) is 5.85. The molecule has 5 rings (SSSR count). The van der Waals surface area contributed by atoms with E-state index in [0.29, 0.717) is 11.5 Å². The van der Waals surface area contributed by atoms with E-state index >= 15 is 0 Å². The molecule has 8 nitrogen and oxygen atoms in total. The lowest BCUT2D eigenvalue weighted by atomic mass is 9.48. The molecule has 0 aromatic rings. The topological polar surface area (TPSA) is 119 Å². The molecule has 0 aromatic carbocycles. The van der Waals surface area contributed by atoms with E-state index in [1.165, 1.54) is 32.1 Å². The average Bonchev–Trinajstić information content (AvgIpc) is 3.23. The van der Waals surface area contributed by atoms with Gasteiger partial charge >= 0.3 is 0 Å². The Hall–Kier alpha value is -1.93. The Kier molecular flexibility index (Phi) is 10.4. The summed E-state index contributed by atoms with van der Waals surface area (Å²) in [5, 5.41) is 21.5. The fourth-order valence-corrected chi connectivity index (χ4v) is 5.85. The fraction of sp³-hybridized carbons (Fsp3) is 0.800. The second kappa shape index (κ2) is 12.5. The molecule has 3 fully saturated rings. The van der Waals surface area contributed by atoms with Crippen molar-refractivity contribution in [2.24, 2.45) is 17.3 Å². The van der Waals surface area contributed by atoms with Gasteiger partial charge in [0.25, 0.3) is 11.9 Å². The molecule has 2 aliphatic heterocycles. The molecular formula is C25H43N3O5. The van der Waals surface area contributed by atoms with Crippen LogP contribution in [0.15, 0.2) is 11.6 Å². The van der Waals surface area contributed by atoms with E-state index in [2.05, 4.69) is 35.5 Å². The van der Waals surface area contributed by atoms with Crippen molar-refractivity contribution in [1.82, 2.24) is 15.5 Å². The molecule has 188 valence electrons. The van der Waals surface area contributed by atoms with Crippen molar-refractivity contribution in [3.63, 3.8) is 0 Å². The zero-order valence-electron chi connectivity index (χ0n) is 20.7. The van der Waals surface area contributed by atoms with Crippen LogP contribution in [0.25, 0.3) is 0 Å². The minimum Gasteiger partial charge on any atom is -0.481 e. The molecule has 0 spiro atoms. The minimum absolute atomic E-state index is 0.118. The van der Waals surface area contributed by atoms with E-state index in [4.69, 9.17) is 19.8 Å². The molecule has 2 heterocycles. The third-order valence-corrected chi connectivity index (χ3v) is 7.67. The molecule has 2 bridgehead atoms. The lowest BCUT2D eigenvalue weighted by molar-refractivity contribution is -0.135. The monoisotopic (exact) mass is 465 g/mol. The number of likely N-dealkylation sites (tertiary alicyclic amines) is 1. The highest BCUT2D eigenvalue weighted by Gasteiger charge is 2.50. The predicted molar refractivity (Wildman–Crippen MR) is 128 cm³/mol. The van der Waals surface area contributed by atoms with E-state index in [-0.39, 0.29) is 11.9 Å². The molecule has 2 saturated heterocycles. The summed E-state index contributed by atoms with van der Waals surface area (Å²) >= 11 is 0. The van der Waals surface area contributed by atoms with Crippen LogP contribution in [-0.4, -0.2) is 71.2 Å². The quantitative estimate of drug-likeness (QED) is 0.461. The standard InChI is InChI=1S/C21H35N3O.2C2H4O2/c1-21(2)16-6-5-15(18(21)14-16)7-12-23-20(25)19-4-3-13-24(19)17-8-10-22-11-9-17;2*1-2(3)4/h5,16-19,22H,3-4,6-14H2,1-2H3,(H,23,25);2*1H3,(H,3,4)/t16-,18-,19-;;/m0../s1. The Balaban J connectivity index is 0.000000420. The number of carboxylic acid groups (broad SMARTS) is 2. The van der Waals surface area contributed by atoms with Gasteiger partial charge in [0.2, 0.25) is 5.91 Å². The Bertz CT molecular complexity index is 695. The second-order valence-corrected chi connectivity index (χ2v) is 10.3. The normalized spacial score (nSPS) is 28.1. The lowest BCUT2D eigenvalue weighted by Crippen LogP contribution is -2.51. The van der Waals surface area contributed by atoms with E-state index in [1.54, 1.807) is 5.57 Å². The molecule has 1 saturated carbocycles. The van der Waals surface area contributed by atoms with Crippen molar-refractivity contribution >= 4 is 17.8 Å². The van der Waals surface area contributed by atoms with Crippen LogP contribution in [0.1, 0.15) is 72.6 Å². The van der Waals surface area contributed by atoms with Gasteiger partial charge in [-0.05, 0) is 81.8 Å². The Morgan fingerprint density at radius 3 is 2.27 bits per heavy atom. The summed E-state index contributed by atoms with van der Waals surface area (Å²) in [7, 11) is 0. The number of nitrogens with one attached hydrogen (secondary N) is 2. The molecule has 3 atom stereocenters. The molecular weight excluding hydrogens is 422 g/mol. The number of nitrogens with zero attached hydrogens (tertiary/aromatic N) is 1. The van der Waals surface area contributed by atoms with Crippen molar-refractivity contribution in [2.75, 3.05) is 26.2 Å². The average molecular weight is 466 g/mol. The molecule has 1 amide bonds. The van der Waals surface area contributed by atoms with E-state index in [1.807, 2.05) is 0 Å². The van der Waals surface area contributed by atoms with Gasteiger partial charge in [-0.15, -0.1) is 0 Å². The highest BCUT2D eigenvalue weighted by Crippen LogP contribution is 2.59. The number of hydrogen-bond donors (Lipinski definition) is 4. The third-order valence-electron chi connectivity index (χ3n) is 7.67. The van der Waals surface area contributed by atoms with Gasteiger partial charge in [0.1, 0.15) is 0 Å². The molecule has 0 unspecified atom stereocenters. The van der Waals surface area contributed by atoms with Crippen LogP contribution in [0.3, 0.4) is 0 Å². The molecule has 0 radical (unpaired) electrons. The van der Waals surface area contributed by atoms with Gasteiger partial charge in [-0.3, -0.25) is 19.3 Å². The van der Waals surface area contributed by atoms with Crippen LogP contribution >= 0.6 is 0 Å². The first-order chi connectivity index (χ1) is 15.5.